The quantitative estimate of drug-likeness (QED) is 0.387. The Labute approximate surface area is 129 Å². The van der Waals surface area contributed by atoms with Gasteiger partial charge in [0.05, 0.1) is 24.7 Å². The van der Waals surface area contributed by atoms with E-state index in [4.69, 9.17) is 19.6 Å². The van der Waals surface area contributed by atoms with Crippen LogP contribution in [0, 0.1) is 0 Å². The Kier molecular flexibility index (Phi) is 10.4. The van der Waals surface area contributed by atoms with Gasteiger partial charge in [-0.3, -0.25) is 9.11 Å². The molecule has 9 nitrogen and oxygen atoms in total. The third-order valence-corrected chi connectivity index (χ3v) is 1.40. The number of nitrogen functional groups attached to an aromatic ring is 1. The Morgan fingerprint density at radius 2 is 1.55 bits per heavy atom. The van der Waals surface area contributed by atoms with Crippen LogP contribution in [0.25, 0.3) is 0 Å². The highest BCUT2D eigenvalue weighted by Gasteiger charge is 2.04. The second-order valence-corrected chi connectivity index (χ2v) is 6.74. The molecule has 0 heterocycles. The predicted molar refractivity (Wildman–Crippen MR) is 81.8 cm³/mol. The molecule has 4 N–H and O–H groups in total. The van der Waals surface area contributed by atoms with Gasteiger partial charge in [-0.15, -0.1) is 0 Å². The molecule has 11 heteroatoms. The first-order valence-electron chi connectivity index (χ1n) is 5.61. The topological polar surface area (TPSA) is 161 Å². The molecule has 0 atom stereocenters. The number of benzene rings is 1. The lowest BCUT2D eigenvalue weighted by Crippen LogP contribution is -2.04. The molecule has 128 valence electrons. The lowest BCUT2D eigenvalue weighted by atomic mass is 10.2. The number of nitrogens with two attached hydrogens (primary N) is 1. The second-order valence-electron chi connectivity index (χ2n) is 3.81. The van der Waals surface area contributed by atoms with Crippen LogP contribution in [0.2, 0.25) is 0 Å². The molecule has 1 aromatic carbocycles. The van der Waals surface area contributed by atoms with Crippen molar-refractivity contribution < 1.29 is 35.5 Å². The number of carbonyl (C=O) groups excluding carboxylic acids is 1. The van der Waals surface area contributed by atoms with Gasteiger partial charge >= 0.3 is 5.97 Å². The summed E-state index contributed by atoms with van der Waals surface area (Å²) < 4.78 is 56.5. The van der Waals surface area contributed by atoms with Crippen LogP contribution in [-0.4, -0.2) is 51.0 Å². The molecule has 0 saturated carbocycles. The number of hydrogen-bond acceptors (Lipinski definition) is 7. The highest BCUT2D eigenvalue weighted by Crippen LogP contribution is 2.07. The zero-order chi connectivity index (χ0) is 18.0. The van der Waals surface area contributed by atoms with E-state index in [2.05, 4.69) is 0 Å². The normalized spacial score (nSPS) is 10.4. The van der Waals surface area contributed by atoms with E-state index in [1.165, 1.54) is 0 Å². The van der Waals surface area contributed by atoms with E-state index in [-0.39, 0.29) is 5.97 Å². The Morgan fingerprint density at radius 1 is 1.14 bits per heavy atom. The van der Waals surface area contributed by atoms with Crippen LogP contribution in [0.5, 0.6) is 0 Å². The fourth-order valence-corrected chi connectivity index (χ4v) is 0.880. The van der Waals surface area contributed by atoms with Gasteiger partial charge in [-0.25, -0.2) is 4.79 Å². The van der Waals surface area contributed by atoms with Crippen molar-refractivity contribution in [3.05, 3.63) is 29.8 Å². The van der Waals surface area contributed by atoms with Crippen LogP contribution in [0.3, 0.4) is 0 Å². The molecular weight excluding hydrogens is 338 g/mol. The Balaban J connectivity index is 0. The second kappa shape index (κ2) is 10.1. The van der Waals surface area contributed by atoms with E-state index in [1.807, 2.05) is 0 Å². The van der Waals surface area contributed by atoms with Crippen LogP contribution in [0.1, 0.15) is 17.3 Å². The average molecular weight is 357 g/mol. The van der Waals surface area contributed by atoms with Gasteiger partial charge in [0, 0.05) is 5.69 Å². The summed E-state index contributed by atoms with van der Waals surface area (Å²) in [5, 5.41) is 0. The summed E-state index contributed by atoms with van der Waals surface area (Å²) in [5.74, 6) is -0.329. The van der Waals surface area contributed by atoms with Crippen molar-refractivity contribution in [3.63, 3.8) is 0 Å². The van der Waals surface area contributed by atoms with Crippen LogP contribution < -0.4 is 5.73 Å². The minimum Gasteiger partial charge on any atom is -0.462 e. The minimum absolute atomic E-state index is 0.329. The monoisotopic (exact) mass is 357 g/mol. The third kappa shape index (κ3) is 23.4. The molecule has 1 rings (SSSR count). The molecule has 0 aliphatic carbocycles. The van der Waals surface area contributed by atoms with E-state index in [0.717, 1.165) is 0 Å². The summed E-state index contributed by atoms with van der Waals surface area (Å²) in [6.07, 6.45) is 1.43. The number of rotatable bonds is 2. The van der Waals surface area contributed by atoms with Crippen molar-refractivity contribution in [3.8, 4) is 0 Å². The lowest BCUT2D eigenvalue weighted by Gasteiger charge is -2.01. The molecule has 0 radical (unpaired) electrons. The van der Waals surface area contributed by atoms with Crippen LogP contribution in [0.4, 0.5) is 5.69 Å². The summed E-state index contributed by atoms with van der Waals surface area (Å²) in [6.45, 7) is 2.15. The highest BCUT2D eigenvalue weighted by molar-refractivity contribution is 7.85. The van der Waals surface area contributed by atoms with Gasteiger partial charge in [0.2, 0.25) is 0 Å². The van der Waals surface area contributed by atoms with E-state index >= 15 is 0 Å². The summed E-state index contributed by atoms with van der Waals surface area (Å²) in [7, 11) is -7.33. The Morgan fingerprint density at radius 3 is 1.86 bits per heavy atom. The van der Waals surface area contributed by atoms with Gasteiger partial charge in [-0.05, 0) is 25.1 Å². The average Bonchev–Trinajstić information content (AvgIpc) is 2.24. The fourth-order valence-electron chi connectivity index (χ4n) is 0.880. The van der Waals surface area contributed by atoms with Crippen molar-refractivity contribution in [2.45, 2.75) is 6.92 Å². The fraction of sp³-hybridized carbons (Fsp3) is 0.364. The Hall–Kier alpha value is -1.69. The maximum absolute atomic E-state index is 11.1. The number of carbonyl (C=O) groups is 1. The number of anilines is 1. The van der Waals surface area contributed by atoms with Crippen LogP contribution >= 0.6 is 0 Å². The van der Waals surface area contributed by atoms with E-state index < -0.39 is 20.2 Å². The molecule has 0 aromatic heterocycles. The van der Waals surface area contributed by atoms with Crippen LogP contribution in [0.15, 0.2) is 24.3 Å². The molecule has 0 spiro atoms. The molecule has 0 unspecified atom stereocenters. The van der Waals surface area contributed by atoms with Crippen LogP contribution in [-0.2, 0) is 25.0 Å². The number of ether oxygens (including phenoxy) is 1. The summed E-state index contributed by atoms with van der Waals surface area (Å²) >= 11 is 0. The molecule has 0 amide bonds. The SMILES string of the molecule is CCOC(=O)c1cccc(N)c1.CS(=O)(=O)O.CS(=O)(=O)O. The van der Waals surface area contributed by atoms with E-state index in [9.17, 15) is 21.6 Å². The van der Waals surface area contributed by atoms with Crippen molar-refractivity contribution in [2.24, 2.45) is 0 Å². The summed E-state index contributed by atoms with van der Waals surface area (Å²) in [4.78, 5) is 11.1. The maximum atomic E-state index is 11.1. The van der Waals surface area contributed by atoms with Crippen molar-refractivity contribution in [2.75, 3.05) is 24.9 Å². The molecule has 0 aliphatic rings. The third-order valence-electron chi connectivity index (χ3n) is 1.40. The smallest absolute Gasteiger partial charge is 0.338 e. The van der Waals surface area contributed by atoms with Gasteiger partial charge in [0.25, 0.3) is 20.2 Å². The zero-order valence-electron chi connectivity index (χ0n) is 12.3. The van der Waals surface area contributed by atoms with Gasteiger partial charge in [0.1, 0.15) is 0 Å². The van der Waals surface area contributed by atoms with Gasteiger partial charge in [-0.2, -0.15) is 16.8 Å². The predicted octanol–water partition coefficient (Wildman–Crippen LogP) is 0.454. The Bertz CT molecular complexity index is 621. The van der Waals surface area contributed by atoms with Crippen molar-refractivity contribution in [1.82, 2.24) is 0 Å². The molecule has 0 aliphatic heterocycles. The zero-order valence-corrected chi connectivity index (χ0v) is 13.9. The van der Waals surface area contributed by atoms with Gasteiger partial charge in [-0.1, -0.05) is 6.07 Å². The first-order chi connectivity index (χ1) is 9.74. The van der Waals surface area contributed by atoms with Crippen molar-refractivity contribution >= 4 is 31.9 Å². The van der Waals surface area contributed by atoms with Gasteiger partial charge < -0.3 is 10.5 Å². The first kappa shape index (κ1) is 22.6. The molecule has 0 fully saturated rings. The molecule has 1 aromatic rings. The van der Waals surface area contributed by atoms with Gasteiger partial charge in [0.15, 0.2) is 0 Å². The highest BCUT2D eigenvalue weighted by atomic mass is 32.2. The number of hydrogen-bond donors (Lipinski definition) is 3. The molecule has 22 heavy (non-hydrogen) atoms. The maximum Gasteiger partial charge on any atom is 0.338 e. The molecule has 0 bridgehead atoms. The van der Waals surface area contributed by atoms with Crippen molar-refractivity contribution in [1.29, 1.82) is 0 Å². The summed E-state index contributed by atoms with van der Waals surface area (Å²) in [6, 6.07) is 6.72. The minimum atomic E-state index is -3.67. The van der Waals surface area contributed by atoms with E-state index in [0.29, 0.717) is 30.4 Å². The summed E-state index contributed by atoms with van der Waals surface area (Å²) in [5.41, 5.74) is 6.55. The lowest BCUT2D eigenvalue weighted by molar-refractivity contribution is 0.0526. The molecule has 0 saturated heterocycles. The first-order valence-corrected chi connectivity index (χ1v) is 9.31. The largest absolute Gasteiger partial charge is 0.462 e. The number of esters is 1. The molecular formula is C11H19NO8S2. The van der Waals surface area contributed by atoms with E-state index in [1.54, 1.807) is 31.2 Å². The standard InChI is InChI=1S/C9H11NO2.2CH4O3S/c1-2-12-9(11)7-4-3-5-8(10)6-7;2*1-5(2,3)4/h3-6H,2,10H2,1H3;2*1H3,(H,2,3,4).